The second-order valence-electron chi connectivity index (χ2n) is 6.39. The van der Waals surface area contributed by atoms with Crippen molar-refractivity contribution < 1.29 is 14.3 Å². The van der Waals surface area contributed by atoms with E-state index in [4.69, 9.17) is 9.47 Å². The molecule has 1 atom stereocenters. The summed E-state index contributed by atoms with van der Waals surface area (Å²) in [6, 6.07) is 0. The molecule has 1 saturated heterocycles. The van der Waals surface area contributed by atoms with Gasteiger partial charge in [-0.05, 0) is 40.0 Å². The second-order valence-corrected chi connectivity index (χ2v) is 6.39. The third-order valence-electron chi connectivity index (χ3n) is 3.52. The van der Waals surface area contributed by atoms with Crippen LogP contribution in [0.2, 0.25) is 0 Å². The van der Waals surface area contributed by atoms with Crippen LogP contribution in [0, 0.1) is 0 Å². The number of ether oxygens (including phenoxy) is 2. The molecule has 1 rings (SSSR count). The number of hydrogen-bond donors (Lipinski definition) is 0. The van der Waals surface area contributed by atoms with Crippen LogP contribution >= 0.6 is 0 Å². The number of amides is 1. The zero-order valence-electron chi connectivity index (χ0n) is 13.1. The van der Waals surface area contributed by atoms with Gasteiger partial charge in [0.1, 0.15) is 5.60 Å². The maximum Gasteiger partial charge on any atom is 0.410 e. The quantitative estimate of drug-likeness (QED) is 0.717. The smallest absolute Gasteiger partial charge is 0.410 e. The summed E-state index contributed by atoms with van der Waals surface area (Å²) < 4.78 is 11.5. The van der Waals surface area contributed by atoms with Gasteiger partial charge >= 0.3 is 6.09 Å². The summed E-state index contributed by atoms with van der Waals surface area (Å²) in [4.78, 5) is 13.8. The summed E-state index contributed by atoms with van der Waals surface area (Å²) in [5.74, 6) is 0. The van der Waals surface area contributed by atoms with E-state index >= 15 is 0 Å². The molecule has 1 unspecified atom stereocenters. The van der Waals surface area contributed by atoms with Gasteiger partial charge in [-0.1, -0.05) is 20.3 Å². The average Bonchev–Trinajstić information content (AvgIpc) is 2.73. The fourth-order valence-corrected chi connectivity index (χ4v) is 2.27. The van der Waals surface area contributed by atoms with Crippen molar-refractivity contribution in [2.24, 2.45) is 0 Å². The maximum absolute atomic E-state index is 12.0. The minimum absolute atomic E-state index is 0.161. The third-order valence-corrected chi connectivity index (χ3v) is 3.52. The first-order valence-electron chi connectivity index (χ1n) is 7.44. The first-order chi connectivity index (χ1) is 8.82. The van der Waals surface area contributed by atoms with Crippen molar-refractivity contribution in [1.29, 1.82) is 0 Å². The highest BCUT2D eigenvalue weighted by molar-refractivity contribution is 5.68. The van der Waals surface area contributed by atoms with Gasteiger partial charge in [0.25, 0.3) is 0 Å². The predicted octanol–water partition coefficient (Wildman–Crippen LogP) is 3.59. The lowest BCUT2D eigenvalue weighted by atomic mass is 10.00. The molecule has 0 N–H and O–H groups in total. The van der Waals surface area contributed by atoms with E-state index in [0.29, 0.717) is 6.54 Å². The van der Waals surface area contributed by atoms with E-state index in [1.165, 1.54) is 0 Å². The third kappa shape index (κ3) is 5.01. The monoisotopic (exact) mass is 271 g/mol. The summed E-state index contributed by atoms with van der Waals surface area (Å²) >= 11 is 0. The van der Waals surface area contributed by atoms with Gasteiger partial charge < -0.3 is 14.4 Å². The number of likely N-dealkylation sites (tertiary alicyclic amines) is 1. The number of rotatable bonds is 5. The molecule has 0 saturated carbocycles. The van der Waals surface area contributed by atoms with Crippen molar-refractivity contribution in [2.45, 2.75) is 71.5 Å². The van der Waals surface area contributed by atoms with Crippen LogP contribution in [0.1, 0.15) is 60.3 Å². The normalized spacial score (nSPS) is 23.7. The molecule has 0 aromatic heterocycles. The summed E-state index contributed by atoms with van der Waals surface area (Å²) in [7, 11) is 0. The van der Waals surface area contributed by atoms with E-state index in [1.54, 1.807) is 4.90 Å². The fraction of sp³-hybridized carbons (Fsp3) is 0.933. The zero-order valence-corrected chi connectivity index (χ0v) is 13.1. The Hall–Kier alpha value is -0.770. The van der Waals surface area contributed by atoms with E-state index in [1.807, 2.05) is 20.8 Å². The Morgan fingerprint density at radius 1 is 1.32 bits per heavy atom. The van der Waals surface area contributed by atoms with Crippen LogP contribution in [0.15, 0.2) is 0 Å². The highest BCUT2D eigenvalue weighted by Crippen LogP contribution is 2.30. The van der Waals surface area contributed by atoms with E-state index in [2.05, 4.69) is 13.8 Å². The van der Waals surface area contributed by atoms with E-state index in [0.717, 1.165) is 38.8 Å². The van der Waals surface area contributed by atoms with Crippen molar-refractivity contribution in [3.05, 3.63) is 0 Å². The van der Waals surface area contributed by atoms with Gasteiger partial charge in [-0.2, -0.15) is 0 Å². The maximum atomic E-state index is 12.0. The van der Waals surface area contributed by atoms with Crippen LogP contribution in [0.25, 0.3) is 0 Å². The van der Waals surface area contributed by atoms with E-state index in [9.17, 15) is 4.79 Å². The molecule has 0 aromatic rings. The van der Waals surface area contributed by atoms with Crippen LogP contribution in [-0.2, 0) is 9.47 Å². The van der Waals surface area contributed by atoms with Gasteiger partial charge in [0.15, 0.2) is 0 Å². The minimum Gasteiger partial charge on any atom is -0.444 e. The SMILES string of the molecule is CCCCOC1(CC)CCN(C(=O)OC(C)(C)C)C1. The van der Waals surface area contributed by atoms with Crippen LogP contribution in [0.4, 0.5) is 4.79 Å². The molecule has 0 bridgehead atoms. The van der Waals surface area contributed by atoms with Gasteiger partial charge in [-0.15, -0.1) is 0 Å². The molecular formula is C15H29NO3. The lowest BCUT2D eigenvalue weighted by Crippen LogP contribution is -2.40. The molecule has 0 spiro atoms. The summed E-state index contributed by atoms with van der Waals surface area (Å²) in [5, 5.41) is 0. The topological polar surface area (TPSA) is 38.8 Å². The molecule has 0 aromatic carbocycles. The molecule has 0 radical (unpaired) electrons. The summed E-state index contributed by atoms with van der Waals surface area (Å²) in [6.45, 7) is 12.1. The highest BCUT2D eigenvalue weighted by atomic mass is 16.6. The Labute approximate surface area is 117 Å². The van der Waals surface area contributed by atoms with Gasteiger partial charge in [-0.3, -0.25) is 0 Å². The van der Waals surface area contributed by atoms with Crippen LogP contribution in [0.3, 0.4) is 0 Å². The average molecular weight is 271 g/mol. The van der Waals surface area contributed by atoms with E-state index < -0.39 is 5.60 Å². The molecule has 1 fully saturated rings. The van der Waals surface area contributed by atoms with Crippen LogP contribution in [-0.4, -0.2) is 41.9 Å². The van der Waals surface area contributed by atoms with Gasteiger partial charge in [0, 0.05) is 13.2 Å². The first-order valence-corrected chi connectivity index (χ1v) is 7.44. The Morgan fingerprint density at radius 3 is 2.53 bits per heavy atom. The van der Waals surface area contributed by atoms with Gasteiger partial charge in [0.05, 0.1) is 12.1 Å². The Balaban J connectivity index is 2.52. The molecule has 4 nitrogen and oxygen atoms in total. The van der Waals surface area contributed by atoms with Crippen LogP contribution < -0.4 is 0 Å². The molecule has 1 aliphatic rings. The molecule has 1 amide bonds. The molecule has 112 valence electrons. The number of carbonyl (C=O) groups is 1. The fourth-order valence-electron chi connectivity index (χ4n) is 2.27. The molecular weight excluding hydrogens is 242 g/mol. The number of unbranched alkanes of at least 4 members (excludes halogenated alkanes) is 1. The minimum atomic E-state index is -0.433. The predicted molar refractivity (Wildman–Crippen MR) is 76.3 cm³/mol. The zero-order chi connectivity index (χ0) is 14.5. The van der Waals surface area contributed by atoms with Crippen LogP contribution in [0.5, 0.6) is 0 Å². The summed E-state index contributed by atoms with van der Waals surface area (Å²) in [6.07, 6.45) is 3.84. The standard InChI is InChI=1S/C15H29NO3/c1-6-8-11-18-15(7-2)9-10-16(12-15)13(17)19-14(3,4)5/h6-12H2,1-5H3. The molecule has 19 heavy (non-hydrogen) atoms. The van der Waals surface area contributed by atoms with Crippen molar-refractivity contribution in [3.63, 3.8) is 0 Å². The first kappa shape index (κ1) is 16.3. The molecule has 1 aliphatic heterocycles. The van der Waals surface area contributed by atoms with Crippen molar-refractivity contribution in [3.8, 4) is 0 Å². The number of carbonyl (C=O) groups excluding carboxylic acids is 1. The highest BCUT2D eigenvalue weighted by Gasteiger charge is 2.40. The number of hydrogen-bond acceptors (Lipinski definition) is 3. The Morgan fingerprint density at radius 2 is 2.00 bits per heavy atom. The Kier molecular flexibility index (Phi) is 5.65. The van der Waals surface area contributed by atoms with Crippen molar-refractivity contribution >= 4 is 6.09 Å². The largest absolute Gasteiger partial charge is 0.444 e. The van der Waals surface area contributed by atoms with Crippen molar-refractivity contribution in [2.75, 3.05) is 19.7 Å². The molecule has 1 heterocycles. The number of nitrogens with zero attached hydrogens (tertiary/aromatic N) is 1. The lowest BCUT2D eigenvalue weighted by Gasteiger charge is -2.29. The van der Waals surface area contributed by atoms with Gasteiger partial charge in [0.2, 0.25) is 0 Å². The van der Waals surface area contributed by atoms with Crippen molar-refractivity contribution in [1.82, 2.24) is 4.90 Å². The van der Waals surface area contributed by atoms with E-state index in [-0.39, 0.29) is 11.7 Å². The molecule has 4 heteroatoms. The molecule has 0 aliphatic carbocycles. The van der Waals surface area contributed by atoms with Gasteiger partial charge in [-0.25, -0.2) is 4.79 Å². The lowest BCUT2D eigenvalue weighted by molar-refractivity contribution is -0.0434. The second kappa shape index (κ2) is 6.60. The summed E-state index contributed by atoms with van der Waals surface area (Å²) in [5.41, 5.74) is -0.594. The Bertz CT molecular complexity index is 298.